The van der Waals surface area contributed by atoms with E-state index < -0.39 is 0 Å². The van der Waals surface area contributed by atoms with E-state index in [4.69, 9.17) is 9.84 Å². The molecule has 2 aliphatic rings. The molecule has 2 rings (SSSR count). The van der Waals surface area contributed by atoms with E-state index in [0.717, 1.165) is 6.54 Å². The molecule has 0 aromatic carbocycles. The Hall–Kier alpha value is -0.810. The van der Waals surface area contributed by atoms with Crippen molar-refractivity contribution in [2.75, 3.05) is 19.7 Å². The molecule has 2 heterocycles. The van der Waals surface area contributed by atoms with E-state index >= 15 is 0 Å². The lowest BCUT2D eigenvalue weighted by atomic mass is 9.94. The second kappa shape index (κ2) is 2.91. The third kappa shape index (κ3) is 1.15. The summed E-state index contributed by atoms with van der Waals surface area (Å²) in [7, 11) is 0. The van der Waals surface area contributed by atoms with E-state index in [2.05, 4.69) is 10.6 Å². The van der Waals surface area contributed by atoms with Crippen LogP contribution >= 0.6 is 0 Å². The molecule has 0 aliphatic carbocycles. The number of hydrogen-bond acceptors (Lipinski definition) is 4. The summed E-state index contributed by atoms with van der Waals surface area (Å²) in [6.45, 7) is 1.50. The first-order valence-electron chi connectivity index (χ1n) is 4.10. The Bertz CT molecular complexity index is 197. The average molecular weight is 172 g/mol. The van der Waals surface area contributed by atoms with E-state index in [0.29, 0.717) is 6.54 Å². The fraction of sp³-hybridized carbons (Fsp3) is 0.857. The Morgan fingerprint density at radius 3 is 3.17 bits per heavy atom. The third-order valence-electron chi connectivity index (χ3n) is 2.41. The number of aliphatic hydroxyl groups is 1. The number of fused-ring (bicyclic) bond motifs is 1. The fourth-order valence-corrected chi connectivity index (χ4v) is 1.77. The minimum Gasteiger partial charge on any atom is -0.444 e. The molecule has 5 heteroatoms. The van der Waals surface area contributed by atoms with Crippen LogP contribution in [-0.4, -0.2) is 43.0 Å². The summed E-state index contributed by atoms with van der Waals surface area (Å²) >= 11 is 0. The highest BCUT2D eigenvalue weighted by Crippen LogP contribution is 2.19. The smallest absolute Gasteiger partial charge is 0.407 e. The number of piperidine rings is 1. The molecule has 1 amide bonds. The Kier molecular flexibility index (Phi) is 1.90. The van der Waals surface area contributed by atoms with Gasteiger partial charge in [0.05, 0.1) is 12.6 Å². The van der Waals surface area contributed by atoms with Gasteiger partial charge in [-0.2, -0.15) is 0 Å². The minimum atomic E-state index is -0.368. The number of aliphatic hydroxyl groups excluding tert-OH is 1. The lowest BCUT2D eigenvalue weighted by Crippen LogP contribution is -2.53. The zero-order valence-electron chi connectivity index (χ0n) is 6.62. The first kappa shape index (κ1) is 7.82. The van der Waals surface area contributed by atoms with Crippen LogP contribution in [0.4, 0.5) is 4.79 Å². The van der Waals surface area contributed by atoms with E-state index in [1.54, 1.807) is 0 Å². The largest absolute Gasteiger partial charge is 0.444 e. The van der Waals surface area contributed by atoms with Gasteiger partial charge in [0.25, 0.3) is 0 Å². The quantitative estimate of drug-likeness (QED) is 0.458. The number of rotatable bonds is 1. The SMILES string of the molecule is O=C1N[C@H]2CNC[C@@H](CO)[C@H]2O1. The van der Waals surface area contributed by atoms with Gasteiger partial charge in [0.15, 0.2) is 0 Å². The van der Waals surface area contributed by atoms with Crippen LogP contribution in [0.15, 0.2) is 0 Å². The summed E-state index contributed by atoms with van der Waals surface area (Å²) in [6, 6.07) is 0.0309. The third-order valence-corrected chi connectivity index (χ3v) is 2.41. The highest BCUT2D eigenvalue weighted by atomic mass is 16.6. The first-order valence-corrected chi connectivity index (χ1v) is 4.10. The Labute approximate surface area is 70.1 Å². The summed E-state index contributed by atoms with van der Waals surface area (Å²) in [6.07, 6.45) is -0.518. The van der Waals surface area contributed by atoms with E-state index in [1.165, 1.54) is 0 Å². The molecule has 0 radical (unpaired) electrons. The number of nitrogens with one attached hydrogen (secondary N) is 2. The molecule has 0 spiro atoms. The fourth-order valence-electron chi connectivity index (χ4n) is 1.77. The number of alkyl carbamates (subject to hydrolysis) is 1. The molecule has 0 unspecified atom stereocenters. The van der Waals surface area contributed by atoms with Gasteiger partial charge in [-0.3, -0.25) is 0 Å². The molecule has 2 aliphatic heterocycles. The van der Waals surface area contributed by atoms with Crippen LogP contribution in [0.1, 0.15) is 0 Å². The molecule has 2 saturated heterocycles. The standard InChI is InChI=1S/C7H12N2O3/c10-3-4-1-8-2-5-6(4)12-7(11)9-5/h4-6,8,10H,1-3H2,(H,9,11)/t4-,5-,6+/m0/s1. The molecule has 0 aromatic heterocycles. The van der Waals surface area contributed by atoms with Crippen LogP contribution in [0.5, 0.6) is 0 Å². The summed E-state index contributed by atoms with van der Waals surface area (Å²) < 4.78 is 5.02. The molecule has 3 atom stereocenters. The maximum absolute atomic E-state index is 10.8. The van der Waals surface area contributed by atoms with Gasteiger partial charge in [0.2, 0.25) is 0 Å². The van der Waals surface area contributed by atoms with Crippen molar-refractivity contribution in [3.63, 3.8) is 0 Å². The predicted molar refractivity (Wildman–Crippen MR) is 40.6 cm³/mol. The Morgan fingerprint density at radius 2 is 2.42 bits per heavy atom. The van der Waals surface area contributed by atoms with Crippen LogP contribution in [0, 0.1) is 5.92 Å². The Morgan fingerprint density at radius 1 is 1.58 bits per heavy atom. The summed E-state index contributed by atoms with van der Waals surface area (Å²) in [5, 5.41) is 14.8. The molecule has 3 N–H and O–H groups in total. The molecular weight excluding hydrogens is 160 g/mol. The topological polar surface area (TPSA) is 70.6 Å². The number of ether oxygens (including phenoxy) is 1. The van der Waals surface area contributed by atoms with Crippen molar-refractivity contribution in [3.8, 4) is 0 Å². The molecule has 2 fully saturated rings. The van der Waals surface area contributed by atoms with Gasteiger partial charge >= 0.3 is 6.09 Å². The van der Waals surface area contributed by atoms with Crippen LogP contribution in [0.3, 0.4) is 0 Å². The van der Waals surface area contributed by atoms with Gasteiger partial charge in [0, 0.05) is 19.0 Å². The predicted octanol–water partition coefficient (Wildman–Crippen LogP) is -1.32. The second-order valence-corrected chi connectivity index (χ2v) is 3.22. The van der Waals surface area contributed by atoms with Crippen LogP contribution in [0.25, 0.3) is 0 Å². The van der Waals surface area contributed by atoms with Crippen molar-refractivity contribution in [2.45, 2.75) is 12.1 Å². The van der Waals surface area contributed by atoms with Gasteiger partial charge in [-0.1, -0.05) is 0 Å². The summed E-state index contributed by atoms with van der Waals surface area (Å²) in [5.74, 6) is 0.0303. The number of amides is 1. The maximum Gasteiger partial charge on any atom is 0.407 e. The summed E-state index contributed by atoms with van der Waals surface area (Å²) in [5.41, 5.74) is 0. The highest BCUT2D eigenvalue weighted by molar-refractivity contribution is 5.70. The van der Waals surface area contributed by atoms with Crippen LogP contribution < -0.4 is 10.6 Å². The second-order valence-electron chi connectivity index (χ2n) is 3.22. The first-order chi connectivity index (χ1) is 5.81. The van der Waals surface area contributed by atoms with Crippen molar-refractivity contribution in [1.82, 2.24) is 10.6 Å². The van der Waals surface area contributed by atoms with E-state index in [1.807, 2.05) is 0 Å². The van der Waals surface area contributed by atoms with Gasteiger partial charge in [0.1, 0.15) is 6.10 Å². The maximum atomic E-state index is 10.8. The van der Waals surface area contributed by atoms with E-state index in [9.17, 15) is 4.79 Å². The summed E-state index contributed by atoms with van der Waals surface area (Å²) in [4.78, 5) is 10.8. The highest BCUT2D eigenvalue weighted by Gasteiger charge is 2.41. The number of hydrogen-bond donors (Lipinski definition) is 3. The van der Waals surface area contributed by atoms with E-state index in [-0.39, 0.29) is 30.8 Å². The van der Waals surface area contributed by atoms with Crippen molar-refractivity contribution in [1.29, 1.82) is 0 Å². The van der Waals surface area contributed by atoms with Crippen LogP contribution in [0.2, 0.25) is 0 Å². The molecule has 0 saturated carbocycles. The van der Waals surface area contributed by atoms with Crippen molar-refractivity contribution >= 4 is 6.09 Å². The van der Waals surface area contributed by atoms with Gasteiger partial charge in [-0.25, -0.2) is 4.79 Å². The van der Waals surface area contributed by atoms with Crippen molar-refractivity contribution < 1.29 is 14.6 Å². The van der Waals surface area contributed by atoms with Crippen LogP contribution in [-0.2, 0) is 4.74 Å². The molecule has 12 heavy (non-hydrogen) atoms. The van der Waals surface area contributed by atoms with Crippen molar-refractivity contribution in [2.24, 2.45) is 5.92 Å². The van der Waals surface area contributed by atoms with Gasteiger partial charge in [-0.05, 0) is 0 Å². The Balaban J connectivity index is 2.07. The molecule has 0 aromatic rings. The van der Waals surface area contributed by atoms with Gasteiger partial charge < -0.3 is 20.5 Å². The average Bonchev–Trinajstić information content (AvgIpc) is 2.44. The number of carbonyl (C=O) groups excluding carboxylic acids is 1. The lowest BCUT2D eigenvalue weighted by molar-refractivity contribution is 0.0468. The normalized spacial score (nSPS) is 40.1. The monoisotopic (exact) mass is 172 g/mol. The zero-order valence-corrected chi connectivity index (χ0v) is 6.62. The minimum absolute atomic E-state index is 0.0303. The molecule has 5 nitrogen and oxygen atoms in total. The number of carbonyl (C=O) groups is 1. The molecule has 0 bridgehead atoms. The lowest BCUT2D eigenvalue weighted by Gasteiger charge is -2.30. The zero-order chi connectivity index (χ0) is 8.55. The molecular formula is C7H12N2O3. The molecule has 68 valence electrons. The van der Waals surface area contributed by atoms with Crippen molar-refractivity contribution in [3.05, 3.63) is 0 Å². The van der Waals surface area contributed by atoms with Gasteiger partial charge in [-0.15, -0.1) is 0 Å².